The van der Waals surface area contributed by atoms with Crippen molar-refractivity contribution in [2.45, 2.75) is 12.8 Å². The Morgan fingerprint density at radius 1 is 1.00 bits per heavy atom. The molecule has 0 N–H and O–H groups in total. The van der Waals surface area contributed by atoms with Crippen LogP contribution in [0.15, 0.2) is 0 Å². The van der Waals surface area contributed by atoms with Crippen LogP contribution in [0.3, 0.4) is 0 Å². The SMILES string of the molecule is C1CCOOC1.[HH]. The van der Waals surface area contributed by atoms with Gasteiger partial charge in [0.05, 0.1) is 13.2 Å². The molecule has 2 nitrogen and oxygen atoms in total. The molecule has 0 atom stereocenters. The van der Waals surface area contributed by atoms with E-state index in [-0.39, 0.29) is 1.43 Å². The first-order valence-electron chi connectivity index (χ1n) is 2.24. The molecular weight excluding hydrogens is 80.0 g/mol. The van der Waals surface area contributed by atoms with E-state index in [9.17, 15) is 0 Å². The second-order valence-electron chi connectivity index (χ2n) is 1.35. The van der Waals surface area contributed by atoms with E-state index in [1.54, 1.807) is 0 Å². The smallest absolute Gasteiger partial charge is 0.0823 e. The summed E-state index contributed by atoms with van der Waals surface area (Å²) in [6.45, 7) is 1.56. The summed E-state index contributed by atoms with van der Waals surface area (Å²) < 4.78 is 0. The Hall–Kier alpha value is -0.0800. The average Bonchev–Trinajstić information content (AvgIpc) is 1.72. The maximum atomic E-state index is 4.57. The third-order valence-corrected chi connectivity index (χ3v) is 0.789. The number of rotatable bonds is 0. The van der Waals surface area contributed by atoms with Gasteiger partial charge in [-0.2, -0.15) is 0 Å². The molecule has 6 heavy (non-hydrogen) atoms. The highest BCUT2D eigenvalue weighted by molar-refractivity contribution is 4.36. The van der Waals surface area contributed by atoms with Gasteiger partial charge >= 0.3 is 0 Å². The molecule has 0 saturated carbocycles. The lowest BCUT2D eigenvalue weighted by Crippen LogP contribution is -2.05. The summed E-state index contributed by atoms with van der Waals surface area (Å²) >= 11 is 0. The molecule has 1 aliphatic rings. The Bertz CT molecular complexity index is 25.2. The highest BCUT2D eigenvalue weighted by Crippen LogP contribution is 1.97. The van der Waals surface area contributed by atoms with E-state index in [0.29, 0.717) is 0 Å². The van der Waals surface area contributed by atoms with E-state index in [4.69, 9.17) is 0 Å². The topological polar surface area (TPSA) is 18.5 Å². The Balaban J connectivity index is 0.000000360. The predicted octanol–water partition coefficient (Wildman–Crippen LogP) is 0.974. The van der Waals surface area contributed by atoms with Crippen molar-refractivity contribution >= 4 is 0 Å². The molecule has 0 aromatic rings. The first-order valence-corrected chi connectivity index (χ1v) is 2.24. The number of hydrogen-bond acceptors (Lipinski definition) is 2. The second kappa shape index (κ2) is 2.16. The summed E-state index contributed by atoms with van der Waals surface area (Å²) in [4.78, 5) is 9.14. The number of hydrogen-bond donors (Lipinski definition) is 0. The van der Waals surface area contributed by atoms with Gasteiger partial charge in [0.15, 0.2) is 0 Å². The molecule has 1 saturated heterocycles. The van der Waals surface area contributed by atoms with Gasteiger partial charge < -0.3 is 0 Å². The summed E-state index contributed by atoms with van der Waals surface area (Å²) in [5.41, 5.74) is 0. The molecule has 0 bridgehead atoms. The second-order valence-corrected chi connectivity index (χ2v) is 1.35. The molecule has 1 aliphatic heterocycles. The Morgan fingerprint density at radius 3 is 1.67 bits per heavy atom. The molecule has 0 aromatic heterocycles. The Kier molecular flexibility index (Phi) is 1.47. The van der Waals surface area contributed by atoms with Gasteiger partial charge in [0.25, 0.3) is 0 Å². The van der Waals surface area contributed by atoms with Gasteiger partial charge in [-0.3, -0.25) is 0 Å². The predicted molar refractivity (Wildman–Crippen MR) is 23.3 cm³/mol. The molecule has 0 radical (unpaired) electrons. The summed E-state index contributed by atoms with van der Waals surface area (Å²) in [6, 6.07) is 0. The zero-order valence-corrected chi connectivity index (χ0v) is 3.64. The van der Waals surface area contributed by atoms with Gasteiger partial charge in [0, 0.05) is 1.43 Å². The molecule has 0 aliphatic carbocycles. The lowest BCUT2D eigenvalue weighted by molar-refractivity contribution is -0.312. The van der Waals surface area contributed by atoms with Crippen molar-refractivity contribution in [1.29, 1.82) is 0 Å². The van der Waals surface area contributed by atoms with Gasteiger partial charge in [0.1, 0.15) is 0 Å². The molecule has 1 fully saturated rings. The van der Waals surface area contributed by atoms with Crippen molar-refractivity contribution < 1.29 is 11.2 Å². The Morgan fingerprint density at radius 2 is 1.50 bits per heavy atom. The van der Waals surface area contributed by atoms with Crippen molar-refractivity contribution in [3.63, 3.8) is 0 Å². The molecule has 0 unspecified atom stereocenters. The van der Waals surface area contributed by atoms with Crippen LogP contribution in [0, 0.1) is 0 Å². The van der Waals surface area contributed by atoms with E-state index in [0.717, 1.165) is 26.1 Å². The van der Waals surface area contributed by atoms with E-state index in [1.165, 1.54) is 0 Å². The fraction of sp³-hybridized carbons (Fsp3) is 1.00. The van der Waals surface area contributed by atoms with E-state index < -0.39 is 0 Å². The van der Waals surface area contributed by atoms with E-state index >= 15 is 0 Å². The molecule has 0 aromatic carbocycles. The van der Waals surface area contributed by atoms with Crippen LogP contribution in [-0.4, -0.2) is 13.2 Å². The maximum Gasteiger partial charge on any atom is 0.0823 e. The van der Waals surface area contributed by atoms with Crippen molar-refractivity contribution in [3.05, 3.63) is 0 Å². The summed E-state index contributed by atoms with van der Waals surface area (Å²) in [6.07, 6.45) is 2.31. The minimum absolute atomic E-state index is 0. The first-order chi connectivity index (χ1) is 3.00. The van der Waals surface area contributed by atoms with Gasteiger partial charge in [-0.15, -0.1) is 0 Å². The zero-order chi connectivity index (χ0) is 4.24. The lowest BCUT2D eigenvalue weighted by Gasteiger charge is -2.07. The first kappa shape index (κ1) is 4.09. The van der Waals surface area contributed by atoms with Crippen LogP contribution in [0.5, 0.6) is 0 Å². The van der Waals surface area contributed by atoms with Crippen molar-refractivity contribution in [3.8, 4) is 0 Å². The fourth-order valence-electron chi connectivity index (χ4n) is 0.440. The van der Waals surface area contributed by atoms with Gasteiger partial charge in [0.2, 0.25) is 0 Å². The van der Waals surface area contributed by atoms with E-state index in [1.807, 2.05) is 0 Å². The molecule has 1 heterocycles. The molecule has 1 rings (SSSR count). The molecule has 38 valence electrons. The molecule has 0 spiro atoms. The zero-order valence-electron chi connectivity index (χ0n) is 3.64. The third-order valence-electron chi connectivity index (χ3n) is 0.789. The fourth-order valence-corrected chi connectivity index (χ4v) is 0.440. The van der Waals surface area contributed by atoms with Gasteiger partial charge in [-0.1, -0.05) is 0 Å². The van der Waals surface area contributed by atoms with Crippen LogP contribution in [-0.2, 0) is 9.78 Å². The minimum Gasteiger partial charge on any atom is -0.237 e. The van der Waals surface area contributed by atoms with Crippen molar-refractivity contribution in [2.75, 3.05) is 13.2 Å². The highest BCUT2D eigenvalue weighted by Gasteiger charge is 1.95. The molecule has 0 amide bonds. The van der Waals surface area contributed by atoms with Gasteiger partial charge in [-0.05, 0) is 12.8 Å². The minimum atomic E-state index is 0. The van der Waals surface area contributed by atoms with Crippen LogP contribution in [0.25, 0.3) is 0 Å². The lowest BCUT2D eigenvalue weighted by atomic mass is 10.3. The van der Waals surface area contributed by atoms with Crippen LogP contribution in [0.2, 0.25) is 0 Å². The summed E-state index contributed by atoms with van der Waals surface area (Å²) in [7, 11) is 0. The van der Waals surface area contributed by atoms with Gasteiger partial charge in [-0.25, -0.2) is 9.78 Å². The maximum absolute atomic E-state index is 4.57. The molecular formula is C4H10O2. The highest BCUT2D eigenvalue weighted by atomic mass is 17.2. The quantitative estimate of drug-likeness (QED) is 0.413. The Labute approximate surface area is 38.5 Å². The average molecular weight is 90.1 g/mol. The monoisotopic (exact) mass is 90.1 g/mol. The van der Waals surface area contributed by atoms with Crippen molar-refractivity contribution in [2.24, 2.45) is 0 Å². The third kappa shape index (κ3) is 0.954. The van der Waals surface area contributed by atoms with E-state index in [2.05, 4.69) is 9.78 Å². The largest absolute Gasteiger partial charge is 0.237 e. The summed E-state index contributed by atoms with van der Waals surface area (Å²) in [5.74, 6) is 0. The van der Waals surface area contributed by atoms with Crippen LogP contribution < -0.4 is 0 Å². The standard InChI is InChI=1S/C4H8O2.H2/c1-2-4-6-5-3-1;/h1-4H2;1H. The van der Waals surface area contributed by atoms with Crippen LogP contribution >= 0.6 is 0 Å². The van der Waals surface area contributed by atoms with Crippen molar-refractivity contribution in [1.82, 2.24) is 0 Å². The molecule has 2 heteroatoms. The van der Waals surface area contributed by atoms with Crippen LogP contribution in [0.4, 0.5) is 0 Å². The normalized spacial score (nSPS) is 24.0. The summed E-state index contributed by atoms with van der Waals surface area (Å²) in [5, 5.41) is 0. The van der Waals surface area contributed by atoms with Crippen LogP contribution in [0.1, 0.15) is 14.3 Å².